The van der Waals surface area contributed by atoms with E-state index in [4.69, 9.17) is 0 Å². The van der Waals surface area contributed by atoms with Gasteiger partial charge in [-0.25, -0.2) is 8.78 Å². The molecule has 3 N–H and O–H groups in total. The summed E-state index contributed by atoms with van der Waals surface area (Å²) in [6, 6.07) is 11.0. The minimum atomic E-state index is -1.09. The molecule has 6 heteroatoms. The van der Waals surface area contributed by atoms with Gasteiger partial charge in [0.25, 0.3) is 0 Å². The number of fused-ring (bicyclic) bond motifs is 1. The molecule has 1 heterocycles. The van der Waals surface area contributed by atoms with Gasteiger partial charge in [-0.2, -0.15) is 0 Å². The largest absolute Gasteiger partial charge is 0.387 e. The van der Waals surface area contributed by atoms with Crippen LogP contribution in [0.5, 0.6) is 0 Å². The molecule has 1 amide bonds. The van der Waals surface area contributed by atoms with E-state index in [0.717, 1.165) is 28.6 Å². The molecule has 0 spiro atoms. The van der Waals surface area contributed by atoms with Crippen LogP contribution in [0.25, 0.3) is 10.9 Å². The normalized spacial score (nSPS) is 12.3. The van der Waals surface area contributed by atoms with E-state index in [1.165, 1.54) is 6.07 Å². The van der Waals surface area contributed by atoms with Gasteiger partial charge in [-0.3, -0.25) is 4.79 Å². The van der Waals surface area contributed by atoms with Crippen LogP contribution in [0.3, 0.4) is 0 Å². The van der Waals surface area contributed by atoms with Crippen molar-refractivity contribution in [1.82, 2.24) is 10.3 Å². The van der Waals surface area contributed by atoms with Crippen molar-refractivity contribution in [3.8, 4) is 0 Å². The van der Waals surface area contributed by atoms with Crippen molar-refractivity contribution in [3.63, 3.8) is 0 Å². The highest BCUT2D eigenvalue weighted by molar-refractivity contribution is 5.84. The second kappa shape index (κ2) is 7.44. The number of hydrogen-bond acceptors (Lipinski definition) is 2. The second-order valence-electron chi connectivity index (χ2n) is 5.85. The lowest BCUT2D eigenvalue weighted by Crippen LogP contribution is -2.28. The zero-order valence-corrected chi connectivity index (χ0v) is 13.4. The molecular formula is C19H18F2N2O2. The Labute approximate surface area is 143 Å². The number of aromatic amines is 1. The van der Waals surface area contributed by atoms with Crippen LogP contribution in [0, 0.1) is 11.6 Å². The van der Waals surface area contributed by atoms with Crippen LogP contribution in [-0.4, -0.2) is 22.5 Å². The molecule has 25 heavy (non-hydrogen) atoms. The molecule has 1 aromatic heterocycles. The smallest absolute Gasteiger partial charge is 0.220 e. The van der Waals surface area contributed by atoms with Gasteiger partial charge in [0, 0.05) is 30.1 Å². The average Bonchev–Trinajstić information content (AvgIpc) is 3.03. The van der Waals surface area contributed by atoms with Crippen LogP contribution in [0.15, 0.2) is 48.7 Å². The van der Waals surface area contributed by atoms with Gasteiger partial charge in [-0.1, -0.05) is 24.3 Å². The summed E-state index contributed by atoms with van der Waals surface area (Å²) in [6.45, 7) is -0.0577. The van der Waals surface area contributed by atoms with Crippen LogP contribution in [0.1, 0.15) is 23.7 Å². The molecule has 130 valence electrons. The summed E-state index contributed by atoms with van der Waals surface area (Å²) in [5, 5.41) is 13.7. The van der Waals surface area contributed by atoms with E-state index in [1.54, 1.807) is 0 Å². The van der Waals surface area contributed by atoms with Crippen molar-refractivity contribution in [3.05, 3.63) is 71.4 Å². The fourth-order valence-corrected chi connectivity index (χ4v) is 2.72. The van der Waals surface area contributed by atoms with Crippen molar-refractivity contribution in [2.24, 2.45) is 0 Å². The highest BCUT2D eigenvalue weighted by atomic mass is 19.2. The van der Waals surface area contributed by atoms with Crippen molar-refractivity contribution in [1.29, 1.82) is 0 Å². The number of rotatable bonds is 6. The molecule has 0 radical (unpaired) electrons. The summed E-state index contributed by atoms with van der Waals surface area (Å²) in [5.74, 6) is -2.21. The number of benzene rings is 2. The molecular weight excluding hydrogens is 326 g/mol. The molecule has 1 atom stereocenters. The molecule has 0 aliphatic rings. The Bertz CT molecular complexity index is 892. The Morgan fingerprint density at radius 2 is 1.96 bits per heavy atom. The Hall–Kier alpha value is -2.73. The molecule has 1 unspecified atom stereocenters. The molecule has 0 aliphatic heterocycles. The zero-order valence-electron chi connectivity index (χ0n) is 13.4. The fourth-order valence-electron chi connectivity index (χ4n) is 2.72. The number of aliphatic hydroxyl groups is 1. The van der Waals surface area contributed by atoms with Crippen molar-refractivity contribution < 1.29 is 18.7 Å². The number of aliphatic hydroxyl groups excluding tert-OH is 1. The Morgan fingerprint density at radius 3 is 2.76 bits per heavy atom. The van der Waals surface area contributed by atoms with E-state index in [2.05, 4.69) is 10.3 Å². The topological polar surface area (TPSA) is 65.1 Å². The molecule has 0 bridgehead atoms. The highest BCUT2D eigenvalue weighted by Gasteiger charge is 2.13. The molecule has 0 fully saturated rings. The van der Waals surface area contributed by atoms with Gasteiger partial charge in [0.1, 0.15) is 0 Å². The first-order valence-corrected chi connectivity index (χ1v) is 7.99. The SMILES string of the molecule is O=C(CCc1c[nH]c2ccccc12)NCC(O)c1ccc(F)c(F)c1. The van der Waals surface area contributed by atoms with Gasteiger partial charge in [-0.15, -0.1) is 0 Å². The number of H-pyrrole nitrogens is 1. The van der Waals surface area contributed by atoms with Crippen molar-refractivity contribution in [2.75, 3.05) is 6.54 Å². The Balaban J connectivity index is 1.51. The van der Waals surface area contributed by atoms with Gasteiger partial charge >= 0.3 is 0 Å². The van der Waals surface area contributed by atoms with Gasteiger partial charge < -0.3 is 15.4 Å². The minimum Gasteiger partial charge on any atom is -0.387 e. The molecule has 0 saturated heterocycles. The number of para-hydroxylation sites is 1. The third-order valence-corrected chi connectivity index (χ3v) is 4.12. The van der Waals surface area contributed by atoms with Crippen LogP contribution in [0.4, 0.5) is 8.78 Å². The summed E-state index contributed by atoms with van der Waals surface area (Å²) in [5.41, 5.74) is 2.29. The molecule has 4 nitrogen and oxygen atoms in total. The number of carbonyl (C=O) groups is 1. The maximum Gasteiger partial charge on any atom is 0.220 e. The monoisotopic (exact) mass is 344 g/mol. The lowest BCUT2D eigenvalue weighted by Gasteiger charge is -2.12. The van der Waals surface area contributed by atoms with Crippen LogP contribution in [0.2, 0.25) is 0 Å². The molecule has 0 saturated carbocycles. The van der Waals surface area contributed by atoms with Gasteiger partial charge in [0.05, 0.1) is 6.10 Å². The standard InChI is InChI=1S/C19H18F2N2O2/c20-15-7-5-12(9-16(15)21)18(24)11-23-19(25)8-6-13-10-22-17-4-2-1-3-14(13)17/h1-5,7,9-10,18,22,24H,6,8,11H2,(H,23,25). The van der Waals surface area contributed by atoms with E-state index in [1.807, 2.05) is 30.5 Å². The van der Waals surface area contributed by atoms with E-state index in [-0.39, 0.29) is 24.4 Å². The Kier molecular flexibility index (Phi) is 5.09. The van der Waals surface area contributed by atoms with Crippen LogP contribution >= 0.6 is 0 Å². The maximum atomic E-state index is 13.2. The maximum absolute atomic E-state index is 13.2. The van der Waals surface area contributed by atoms with Gasteiger partial charge in [0.15, 0.2) is 11.6 Å². The lowest BCUT2D eigenvalue weighted by molar-refractivity contribution is -0.121. The number of hydrogen-bond donors (Lipinski definition) is 3. The molecule has 3 rings (SSSR count). The first-order chi connectivity index (χ1) is 12.0. The van der Waals surface area contributed by atoms with Crippen LogP contribution in [-0.2, 0) is 11.2 Å². The molecule has 0 aliphatic carbocycles. The van der Waals surface area contributed by atoms with Crippen molar-refractivity contribution >= 4 is 16.8 Å². The summed E-state index contributed by atoms with van der Waals surface area (Å²) in [4.78, 5) is 15.1. The zero-order chi connectivity index (χ0) is 17.8. The van der Waals surface area contributed by atoms with E-state index < -0.39 is 17.7 Å². The summed E-state index contributed by atoms with van der Waals surface area (Å²) < 4.78 is 26.1. The van der Waals surface area contributed by atoms with E-state index in [9.17, 15) is 18.7 Å². The lowest BCUT2D eigenvalue weighted by atomic mass is 10.1. The Morgan fingerprint density at radius 1 is 1.16 bits per heavy atom. The second-order valence-corrected chi connectivity index (χ2v) is 5.85. The number of aryl methyl sites for hydroxylation is 1. The minimum absolute atomic E-state index is 0.0577. The number of aromatic nitrogens is 1. The number of amides is 1. The number of halogens is 2. The fraction of sp³-hybridized carbons (Fsp3) is 0.211. The van der Waals surface area contributed by atoms with Crippen LogP contribution < -0.4 is 5.32 Å². The van der Waals surface area contributed by atoms with Gasteiger partial charge in [0.2, 0.25) is 5.91 Å². The average molecular weight is 344 g/mol. The quantitative estimate of drug-likeness (QED) is 0.643. The van der Waals surface area contributed by atoms with Crippen molar-refractivity contribution in [2.45, 2.75) is 18.9 Å². The van der Waals surface area contributed by atoms with E-state index in [0.29, 0.717) is 6.42 Å². The first kappa shape index (κ1) is 17.1. The summed E-state index contributed by atoms with van der Waals surface area (Å²) in [6.07, 6.45) is 1.63. The van der Waals surface area contributed by atoms with Gasteiger partial charge in [-0.05, 0) is 35.7 Å². The summed E-state index contributed by atoms with van der Waals surface area (Å²) >= 11 is 0. The third-order valence-electron chi connectivity index (χ3n) is 4.12. The number of carbonyl (C=O) groups excluding carboxylic acids is 1. The third kappa shape index (κ3) is 4.03. The molecule has 3 aromatic rings. The molecule has 2 aromatic carbocycles. The predicted molar refractivity (Wildman–Crippen MR) is 90.9 cm³/mol. The summed E-state index contributed by atoms with van der Waals surface area (Å²) in [7, 11) is 0. The first-order valence-electron chi connectivity index (χ1n) is 7.99. The predicted octanol–water partition coefficient (Wildman–Crippen LogP) is 3.23. The highest BCUT2D eigenvalue weighted by Crippen LogP contribution is 2.19. The number of nitrogens with one attached hydrogen (secondary N) is 2. The van der Waals surface area contributed by atoms with E-state index >= 15 is 0 Å².